The third kappa shape index (κ3) is 3.23. The van der Waals surface area contributed by atoms with Crippen LogP contribution in [0.15, 0.2) is 35.1 Å². The summed E-state index contributed by atoms with van der Waals surface area (Å²) < 4.78 is 2.64. The van der Waals surface area contributed by atoms with Gasteiger partial charge in [0.25, 0.3) is 0 Å². The van der Waals surface area contributed by atoms with Crippen LogP contribution in [0.4, 0.5) is 4.79 Å². The third-order valence-corrected chi connectivity index (χ3v) is 4.44. The highest BCUT2D eigenvalue weighted by Crippen LogP contribution is 2.33. The maximum absolute atomic E-state index is 12.1. The smallest absolute Gasteiger partial charge is 0.317 e. The lowest BCUT2D eigenvalue weighted by atomic mass is 9.86. The SMILES string of the molecule is CCn1ncnc1CNC(=O)N1CC(O)(c2cccc(Br)c2)C1. The number of halogens is 1. The van der Waals surface area contributed by atoms with Crippen molar-refractivity contribution >= 4 is 22.0 Å². The first-order valence-electron chi connectivity index (χ1n) is 7.40. The number of aromatic nitrogens is 3. The normalized spacial score (nSPS) is 16.0. The van der Waals surface area contributed by atoms with Crippen molar-refractivity contribution in [1.29, 1.82) is 0 Å². The van der Waals surface area contributed by atoms with Crippen LogP contribution in [0.1, 0.15) is 18.3 Å². The molecule has 0 spiro atoms. The average molecular weight is 380 g/mol. The minimum atomic E-state index is -0.982. The number of hydrogen-bond acceptors (Lipinski definition) is 4. The van der Waals surface area contributed by atoms with Crippen molar-refractivity contribution in [2.75, 3.05) is 13.1 Å². The number of nitrogens with one attached hydrogen (secondary N) is 1. The summed E-state index contributed by atoms with van der Waals surface area (Å²) >= 11 is 3.39. The zero-order chi connectivity index (χ0) is 16.4. The van der Waals surface area contributed by atoms with Crippen molar-refractivity contribution in [3.05, 3.63) is 46.5 Å². The van der Waals surface area contributed by atoms with E-state index in [1.165, 1.54) is 6.33 Å². The number of rotatable bonds is 4. The number of urea groups is 1. The van der Waals surface area contributed by atoms with Crippen LogP contribution < -0.4 is 5.32 Å². The Balaban J connectivity index is 1.55. The van der Waals surface area contributed by atoms with Crippen molar-refractivity contribution in [3.8, 4) is 0 Å². The lowest BCUT2D eigenvalue weighted by Crippen LogP contribution is -2.63. The molecule has 1 aromatic heterocycles. The van der Waals surface area contributed by atoms with Gasteiger partial charge in [0.1, 0.15) is 17.8 Å². The van der Waals surface area contributed by atoms with Gasteiger partial charge in [0, 0.05) is 11.0 Å². The molecule has 0 unspecified atom stereocenters. The molecular weight excluding hydrogens is 362 g/mol. The van der Waals surface area contributed by atoms with E-state index in [2.05, 4.69) is 31.3 Å². The Morgan fingerprint density at radius 2 is 2.26 bits per heavy atom. The number of carbonyl (C=O) groups is 1. The highest BCUT2D eigenvalue weighted by molar-refractivity contribution is 9.10. The first kappa shape index (κ1) is 15.9. The van der Waals surface area contributed by atoms with Gasteiger partial charge in [0.05, 0.1) is 19.6 Å². The predicted molar refractivity (Wildman–Crippen MR) is 87.5 cm³/mol. The molecule has 1 aliphatic heterocycles. The maximum Gasteiger partial charge on any atom is 0.317 e. The molecule has 0 bridgehead atoms. The molecule has 2 aromatic rings. The van der Waals surface area contributed by atoms with Crippen LogP contribution in [0.5, 0.6) is 0 Å². The number of likely N-dealkylation sites (tertiary alicyclic amines) is 1. The van der Waals surface area contributed by atoms with Gasteiger partial charge in [-0.3, -0.25) is 0 Å². The minimum absolute atomic E-state index is 0.213. The van der Waals surface area contributed by atoms with Crippen molar-refractivity contribution in [3.63, 3.8) is 0 Å². The topological polar surface area (TPSA) is 83.3 Å². The van der Waals surface area contributed by atoms with E-state index in [1.807, 2.05) is 31.2 Å². The number of aliphatic hydroxyl groups is 1. The summed E-state index contributed by atoms with van der Waals surface area (Å²) in [6.45, 7) is 3.54. The summed E-state index contributed by atoms with van der Waals surface area (Å²) in [5.41, 5.74) is -0.175. The van der Waals surface area contributed by atoms with Gasteiger partial charge in [-0.15, -0.1) is 0 Å². The molecule has 0 saturated carbocycles. The van der Waals surface area contributed by atoms with Crippen LogP contribution >= 0.6 is 15.9 Å². The van der Waals surface area contributed by atoms with Crippen molar-refractivity contribution in [1.82, 2.24) is 25.0 Å². The van der Waals surface area contributed by atoms with Crippen LogP contribution in [-0.4, -0.2) is 43.9 Å². The molecule has 2 amide bonds. The molecule has 23 heavy (non-hydrogen) atoms. The Morgan fingerprint density at radius 3 is 2.96 bits per heavy atom. The Kier molecular flexibility index (Phi) is 4.36. The Labute approximate surface area is 142 Å². The number of aryl methyl sites for hydroxylation is 1. The van der Waals surface area contributed by atoms with Gasteiger partial charge in [0.15, 0.2) is 0 Å². The van der Waals surface area contributed by atoms with E-state index < -0.39 is 5.60 Å². The van der Waals surface area contributed by atoms with E-state index in [9.17, 15) is 9.90 Å². The molecule has 2 heterocycles. The molecule has 1 aliphatic rings. The molecule has 1 fully saturated rings. The van der Waals surface area contributed by atoms with E-state index in [4.69, 9.17) is 0 Å². The second-order valence-electron chi connectivity index (χ2n) is 5.55. The predicted octanol–water partition coefficient (Wildman–Crippen LogP) is 1.47. The molecule has 122 valence electrons. The fourth-order valence-corrected chi connectivity index (χ4v) is 3.04. The van der Waals surface area contributed by atoms with Crippen molar-refractivity contribution < 1.29 is 9.90 Å². The number of nitrogens with zero attached hydrogens (tertiary/aromatic N) is 4. The number of carbonyl (C=O) groups excluding carboxylic acids is 1. The van der Waals surface area contributed by atoms with Crippen LogP contribution in [0.3, 0.4) is 0 Å². The standard InChI is InChI=1S/C15H18BrN5O2/c1-2-21-13(18-10-19-21)7-17-14(22)20-8-15(23,9-20)11-4-3-5-12(16)6-11/h3-6,10,23H,2,7-9H2,1H3,(H,17,22). The van der Waals surface area contributed by atoms with Crippen molar-refractivity contribution in [2.24, 2.45) is 0 Å². The van der Waals surface area contributed by atoms with Crippen LogP contribution in [0.25, 0.3) is 0 Å². The summed E-state index contributed by atoms with van der Waals surface area (Å²) in [6, 6.07) is 7.30. The van der Waals surface area contributed by atoms with E-state index in [0.29, 0.717) is 18.9 Å². The lowest BCUT2D eigenvalue weighted by molar-refractivity contribution is -0.0816. The van der Waals surface area contributed by atoms with E-state index in [1.54, 1.807) is 9.58 Å². The molecule has 1 aromatic carbocycles. The fourth-order valence-electron chi connectivity index (χ4n) is 2.64. The Hall–Kier alpha value is -1.93. The minimum Gasteiger partial charge on any atom is -0.381 e. The van der Waals surface area contributed by atoms with Gasteiger partial charge in [-0.2, -0.15) is 5.10 Å². The van der Waals surface area contributed by atoms with Gasteiger partial charge >= 0.3 is 6.03 Å². The zero-order valence-electron chi connectivity index (χ0n) is 12.7. The summed E-state index contributed by atoms with van der Waals surface area (Å²) in [5.74, 6) is 0.712. The first-order chi connectivity index (χ1) is 11.0. The van der Waals surface area contributed by atoms with E-state index in [-0.39, 0.29) is 19.1 Å². The molecule has 1 saturated heterocycles. The second kappa shape index (κ2) is 6.29. The van der Waals surface area contributed by atoms with Crippen LogP contribution in [0, 0.1) is 0 Å². The number of hydrogen-bond donors (Lipinski definition) is 2. The zero-order valence-corrected chi connectivity index (χ0v) is 14.3. The average Bonchev–Trinajstić information content (AvgIpc) is 2.97. The van der Waals surface area contributed by atoms with Gasteiger partial charge in [-0.25, -0.2) is 14.5 Å². The first-order valence-corrected chi connectivity index (χ1v) is 8.19. The van der Waals surface area contributed by atoms with Gasteiger partial charge in [-0.1, -0.05) is 28.1 Å². The highest BCUT2D eigenvalue weighted by Gasteiger charge is 2.45. The van der Waals surface area contributed by atoms with Crippen LogP contribution in [-0.2, 0) is 18.7 Å². The third-order valence-electron chi connectivity index (χ3n) is 3.95. The largest absolute Gasteiger partial charge is 0.381 e. The maximum atomic E-state index is 12.1. The summed E-state index contributed by atoms with van der Waals surface area (Å²) in [5, 5.41) is 17.5. The number of amides is 2. The van der Waals surface area contributed by atoms with Gasteiger partial charge < -0.3 is 15.3 Å². The summed E-state index contributed by atoms with van der Waals surface area (Å²) in [6.07, 6.45) is 1.47. The van der Waals surface area contributed by atoms with Crippen LogP contribution in [0.2, 0.25) is 0 Å². The van der Waals surface area contributed by atoms with Crippen molar-refractivity contribution in [2.45, 2.75) is 25.6 Å². The highest BCUT2D eigenvalue weighted by atomic mass is 79.9. The van der Waals surface area contributed by atoms with Gasteiger partial charge in [0.2, 0.25) is 0 Å². The lowest BCUT2D eigenvalue weighted by Gasteiger charge is -2.46. The summed E-state index contributed by atoms with van der Waals surface area (Å²) in [4.78, 5) is 17.8. The van der Waals surface area contributed by atoms with E-state index >= 15 is 0 Å². The molecule has 2 N–H and O–H groups in total. The second-order valence-corrected chi connectivity index (χ2v) is 6.46. The molecule has 0 atom stereocenters. The number of benzene rings is 1. The molecule has 0 aliphatic carbocycles. The molecule has 8 heteroatoms. The fraction of sp³-hybridized carbons (Fsp3) is 0.400. The monoisotopic (exact) mass is 379 g/mol. The molecule has 0 radical (unpaired) electrons. The molecule has 3 rings (SSSR count). The Bertz CT molecular complexity index is 711. The number of β-amino-alcohol motifs (C(OH)–C–C–N with tert-alkyl or cyclic N) is 1. The van der Waals surface area contributed by atoms with E-state index in [0.717, 1.165) is 10.0 Å². The molecular formula is C15H18BrN5O2. The molecule has 7 nitrogen and oxygen atoms in total. The van der Waals surface area contributed by atoms with Gasteiger partial charge in [-0.05, 0) is 24.6 Å². The quantitative estimate of drug-likeness (QED) is 0.842. The summed E-state index contributed by atoms with van der Waals surface area (Å²) in [7, 11) is 0. The Morgan fingerprint density at radius 1 is 1.48 bits per heavy atom.